The SMILES string of the molecule is CC.CCOC(=O)C1=CC=CCC1. The van der Waals surface area contributed by atoms with Crippen molar-refractivity contribution < 1.29 is 9.53 Å². The molecule has 13 heavy (non-hydrogen) atoms. The van der Waals surface area contributed by atoms with Crippen molar-refractivity contribution in [1.82, 2.24) is 0 Å². The molecule has 1 aliphatic carbocycles. The van der Waals surface area contributed by atoms with Crippen molar-refractivity contribution in [3.63, 3.8) is 0 Å². The molecule has 0 spiro atoms. The van der Waals surface area contributed by atoms with Crippen molar-refractivity contribution in [2.45, 2.75) is 33.6 Å². The van der Waals surface area contributed by atoms with E-state index in [1.54, 1.807) is 0 Å². The third-order valence-corrected chi connectivity index (χ3v) is 1.55. The van der Waals surface area contributed by atoms with Crippen LogP contribution in [0.15, 0.2) is 23.8 Å². The highest BCUT2D eigenvalue weighted by atomic mass is 16.5. The number of hydrogen-bond donors (Lipinski definition) is 0. The van der Waals surface area contributed by atoms with Gasteiger partial charge in [0.05, 0.1) is 6.61 Å². The average Bonchev–Trinajstić information content (AvgIpc) is 2.23. The third kappa shape index (κ3) is 4.51. The molecular formula is C11H18O2. The summed E-state index contributed by atoms with van der Waals surface area (Å²) in [5.74, 6) is -0.170. The minimum absolute atomic E-state index is 0.170. The fourth-order valence-corrected chi connectivity index (χ4v) is 0.996. The van der Waals surface area contributed by atoms with E-state index in [2.05, 4.69) is 0 Å². The smallest absolute Gasteiger partial charge is 0.333 e. The number of ether oxygens (including phenoxy) is 1. The molecule has 0 N–H and O–H groups in total. The maximum absolute atomic E-state index is 11.1. The summed E-state index contributed by atoms with van der Waals surface area (Å²) in [5, 5.41) is 0. The monoisotopic (exact) mass is 182 g/mol. The Kier molecular flexibility index (Phi) is 6.98. The molecule has 2 nitrogen and oxygen atoms in total. The Labute approximate surface area is 80.3 Å². The van der Waals surface area contributed by atoms with Crippen LogP contribution >= 0.6 is 0 Å². The molecule has 0 aromatic rings. The van der Waals surface area contributed by atoms with Crippen LogP contribution in [0.3, 0.4) is 0 Å². The molecule has 0 aromatic heterocycles. The summed E-state index contributed by atoms with van der Waals surface area (Å²) in [5.41, 5.74) is 0.786. The summed E-state index contributed by atoms with van der Waals surface area (Å²) in [6.45, 7) is 6.27. The standard InChI is InChI=1S/C9H12O2.C2H6/c1-2-11-9(10)8-6-4-3-5-7-8;1-2/h3-4,6H,2,5,7H2,1H3;1-2H3. The summed E-state index contributed by atoms with van der Waals surface area (Å²) < 4.78 is 4.84. The Morgan fingerprint density at radius 3 is 2.69 bits per heavy atom. The van der Waals surface area contributed by atoms with E-state index in [9.17, 15) is 4.79 Å². The first-order chi connectivity index (χ1) is 6.34. The van der Waals surface area contributed by atoms with E-state index < -0.39 is 0 Å². The zero-order chi connectivity index (χ0) is 10.1. The molecule has 0 saturated heterocycles. The highest BCUT2D eigenvalue weighted by Gasteiger charge is 2.09. The Hall–Kier alpha value is -1.05. The fourth-order valence-electron chi connectivity index (χ4n) is 0.996. The lowest BCUT2D eigenvalue weighted by Crippen LogP contribution is -2.08. The van der Waals surface area contributed by atoms with Gasteiger partial charge in [-0.05, 0) is 19.8 Å². The molecule has 0 aliphatic heterocycles. The molecule has 0 heterocycles. The molecular weight excluding hydrogens is 164 g/mol. The van der Waals surface area contributed by atoms with Crippen molar-refractivity contribution in [3.05, 3.63) is 23.8 Å². The van der Waals surface area contributed by atoms with Gasteiger partial charge in [0, 0.05) is 5.57 Å². The van der Waals surface area contributed by atoms with Crippen molar-refractivity contribution in [1.29, 1.82) is 0 Å². The summed E-state index contributed by atoms with van der Waals surface area (Å²) in [6, 6.07) is 0. The van der Waals surface area contributed by atoms with Crippen LogP contribution < -0.4 is 0 Å². The second-order valence-corrected chi connectivity index (χ2v) is 2.38. The van der Waals surface area contributed by atoms with E-state index in [0.717, 1.165) is 18.4 Å². The minimum atomic E-state index is -0.170. The van der Waals surface area contributed by atoms with E-state index in [-0.39, 0.29) is 5.97 Å². The first-order valence-corrected chi connectivity index (χ1v) is 4.87. The number of rotatable bonds is 2. The zero-order valence-electron chi connectivity index (χ0n) is 8.67. The van der Waals surface area contributed by atoms with Gasteiger partial charge in [0.15, 0.2) is 0 Å². The van der Waals surface area contributed by atoms with Gasteiger partial charge < -0.3 is 4.74 Å². The topological polar surface area (TPSA) is 26.3 Å². The number of esters is 1. The van der Waals surface area contributed by atoms with Crippen LogP contribution in [0.25, 0.3) is 0 Å². The molecule has 0 unspecified atom stereocenters. The molecule has 74 valence electrons. The molecule has 0 saturated carbocycles. The van der Waals surface area contributed by atoms with E-state index in [4.69, 9.17) is 4.74 Å². The summed E-state index contributed by atoms with van der Waals surface area (Å²) >= 11 is 0. The van der Waals surface area contributed by atoms with Gasteiger partial charge >= 0.3 is 5.97 Å². The van der Waals surface area contributed by atoms with Gasteiger partial charge in [0.1, 0.15) is 0 Å². The van der Waals surface area contributed by atoms with Crippen LogP contribution in [-0.2, 0) is 9.53 Å². The second-order valence-electron chi connectivity index (χ2n) is 2.38. The van der Waals surface area contributed by atoms with Crippen LogP contribution in [0.5, 0.6) is 0 Å². The second kappa shape index (κ2) is 7.59. The molecule has 1 aliphatic rings. The number of allylic oxidation sites excluding steroid dienone is 3. The average molecular weight is 182 g/mol. The number of carbonyl (C=O) groups excluding carboxylic acids is 1. The molecule has 0 fully saturated rings. The Morgan fingerprint density at radius 1 is 1.54 bits per heavy atom. The van der Waals surface area contributed by atoms with Crippen molar-refractivity contribution in [3.8, 4) is 0 Å². The van der Waals surface area contributed by atoms with Gasteiger partial charge in [-0.2, -0.15) is 0 Å². The van der Waals surface area contributed by atoms with Crippen LogP contribution in [0, 0.1) is 0 Å². The molecule has 1 rings (SSSR count). The first-order valence-electron chi connectivity index (χ1n) is 4.87. The van der Waals surface area contributed by atoms with Crippen LogP contribution in [-0.4, -0.2) is 12.6 Å². The Balaban J connectivity index is 0.000000671. The molecule has 0 amide bonds. The lowest BCUT2D eigenvalue weighted by Gasteiger charge is -2.06. The normalized spacial score (nSPS) is 13.9. The van der Waals surface area contributed by atoms with Gasteiger partial charge in [-0.25, -0.2) is 4.79 Å². The highest BCUT2D eigenvalue weighted by Crippen LogP contribution is 2.12. The van der Waals surface area contributed by atoms with Crippen LogP contribution in [0.4, 0.5) is 0 Å². The quantitative estimate of drug-likeness (QED) is 0.614. The first kappa shape index (κ1) is 11.9. The summed E-state index contributed by atoms with van der Waals surface area (Å²) in [6.07, 6.45) is 7.53. The molecule has 0 bridgehead atoms. The van der Waals surface area contributed by atoms with Crippen molar-refractivity contribution >= 4 is 5.97 Å². The maximum atomic E-state index is 11.1. The van der Waals surface area contributed by atoms with Crippen LogP contribution in [0.2, 0.25) is 0 Å². The molecule has 0 radical (unpaired) electrons. The van der Waals surface area contributed by atoms with E-state index in [1.807, 2.05) is 39.0 Å². The Bertz CT molecular complexity index is 202. The van der Waals surface area contributed by atoms with Crippen LogP contribution in [0.1, 0.15) is 33.6 Å². The summed E-state index contributed by atoms with van der Waals surface area (Å²) in [4.78, 5) is 11.1. The fraction of sp³-hybridized carbons (Fsp3) is 0.545. The zero-order valence-corrected chi connectivity index (χ0v) is 8.67. The number of hydrogen-bond acceptors (Lipinski definition) is 2. The lowest BCUT2D eigenvalue weighted by molar-refractivity contribution is -0.138. The lowest BCUT2D eigenvalue weighted by atomic mass is 10.1. The van der Waals surface area contributed by atoms with Gasteiger partial charge in [-0.3, -0.25) is 0 Å². The van der Waals surface area contributed by atoms with Gasteiger partial charge in [0.2, 0.25) is 0 Å². The van der Waals surface area contributed by atoms with E-state index in [1.165, 1.54) is 0 Å². The maximum Gasteiger partial charge on any atom is 0.333 e. The molecule has 0 aromatic carbocycles. The predicted molar refractivity (Wildman–Crippen MR) is 54.4 cm³/mol. The van der Waals surface area contributed by atoms with Crippen molar-refractivity contribution in [2.75, 3.05) is 6.61 Å². The third-order valence-electron chi connectivity index (χ3n) is 1.55. The minimum Gasteiger partial charge on any atom is -0.463 e. The van der Waals surface area contributed by atoms with Gasteiger partial charge in [-0.1, -0.05) is 32.1 Å². The predicted octanol–water partition coefficient (Wildman–Crippen LogP) is 2.85. The van der Waals surface area contributed by atoms with Gasteiger partial charge in [-0.15, -0.1) is 0 Å². The molecule has 0 atom stereocenters. The highest BCUT2D eigenvalue weighted by molar-refractivity contribution is 5.89. The Morgan fingerprint density at radius 2 is 2.23 bits per heavy atom. The molecule has 2 heteroatoms. The number of carbonyl (C=O) groups is 1. The van der Waals surface area contributed by atoms with Crippen molar-refractivity contribution in [2.24, 2.45) is 0 Å². The van der Waals surface area contributed by atoms with E-state index in [0.29, 0.717) is 6.61 Å². The summed E-state index contributed by atoms with van der Waals surface area (Å²) in [7, 11) is 0. The van der Waals surface area contributed by atoms with Gasteiger partial charge in [0.25, 0.3) is 0 Å². The largest absolute Gasteiger partial charge is 0.463 e. The van der Waals surface area contributed by atoms with E-state index >= 15 is 0 Å².